The number of benzene rings is 2. The summed E-state index contributed by atoms with van der Waals surface area (Å²) in [6, 6.07) is 13.7. The van der Waals surface area contributed by atoms with Gasteiger partial charge in [-0.25, -0.2) is 4.79 Å². The molecule has 1 N–H and O–H groups in total. The number of hydrogen-bond donors (Lipinski definition) is 1. The van der Waals surface area contributed by atoms with Gasteiger partial charge in [-0.1, -0.05) is 6.07 Å². The Balaban J connectivity index is 1.66. The van der Waals surface area contributed by atoms with Crippen LogP contribution in [0.3, 0.4) is 0 Å². The summed E-state index contributed by atoms with van der Waals surface area (Å²) >= 11 is 0. The number of hydrogen-bond acceptors (Lipinski definition) is 5. The molecular formula is C21H22N2O5. The summed E-state index contributed by atoms with van der Waals surface area (Å²) in [5, 5.41) is 2.79. The third-order valence-corrected chi connectivity index (χ3v) is 4.52. The molecule has 7 heteroatoms. The third-order valence-electron chi connectivity index (χ3n) is 4.52. The lowest BCUT2D eigenvalue weighted by molar-refractivity contribution is -0.122. The van der Waals surface area contributed by atoms with E-state index in [4.69, 9.17) is 9.47 Å². The maximum atomic E-state index is 12.6. The van der Waals surface area contributed by atoms with Crippen molar-refractivity contribution in [2.75, 3.05) is 30.5 Å². The highest BCUT2D eigenvalue weighted by molar-refractivity contribution is 6.04. The third kappa shape index (κ3) is 4.31. The molecule has 1 atom stereocenters. The molecule has 1 saturated heterocycles. The van der Waals surface area contributed by atoms with Crippen LogP contribution in [0.1, 0.15) is 23.7 Å². The number of carbonyl (C=O) groups excluding carboxylic acids is 3. The minimum absolute atomic E-state index is 0.106. The summed E-state index contributed by atoms with van der Waals surface area (Å²) in [4.78, 5) is 38.4. The quantitative estimate of drug-likeness (QED) is 0.777. The van der Waals surface area contributed by atoms with Crippen molar-refractivity contribution in [2.24, 2.45) is 5.92 Å². The Morgan fingerprint density at radius 1 is 1.18 bits per heavy atom. The molecule has 7 nitrogen and oxygen atoms in total. The highest BCUT2D eigenvalue weighted by Crippen LogP contribution is 2.27. The van der Waals surface area contributed by atoms with Crippen LogP contribution in [0.5, 0.6) is 5.75 Å². The molecule has 1 aliphatic rings. The Morgan fingerprint density at radius 2 is 1.93 bits per heavy atom. The summed E-state index contributed by atoms with van der Waals surface area (Å²) in [5.74, 6) is -0.580. The van der Waals surface area contributed by atoms with Gasteiger partial charge in [0.05, 0.1) is 25.2 Å². The van der Waals surface area contributed by atoms with Crippen LogP contribution in [-0.4, -0.2) is 38.0 Å². The van der Waals surface area contributed by atoms with E-state index in [2.05, 4.69) is 5.32 Å². The molecule has 1 unspecified atom stereocenters. The summed E-state index contributed by atoms with van der Waals surface area (Å²) in [7, 11) is 1.58. The molecule has 146 valence electrons. The van der Waals surface area contributed by atoms with Crippen molar-refractivity contribution in [1.82, 2.24) is 0 Å². The maximum absolute atomic E-state index is 12.6. The Morgan fingerprint density at radius 3 is 2.61 bits per heavy atom. The zero-order valence-electron chi connectivity index (χ0n) is 15.8. The molecule has 0 bridgehead atoms. The summed E-state index contributed by atoms with van der Waals surface area (Å²) in [5.41, 5.74) is 1.58. The standard InChI is InChI=1S/C21H22N2O5/c1-3-28-21(26)14-5-4-6-16(11-14)22-20(25)15-12-19(24)23(13-15)17-7-9-18(27-2)10-8-17/h4-11,15H,3,12-13H2,1-2H3,(H,22,25). The highest BCUT2D eigenvalue weighted by atomic mass is 16.5. The van der Waals surface area contributed by atoms with Gasteiger partial charge in [0.1, 0.15) is 5.75 Å². The minimum atomic E-state index is -0.471. The normalized spacial score (nSPS) is 16.0. The predicted octanol–water partition coefficient (Wildman–Crippen LogP) is 2.86. The van der Waals surface area contributed by atoms with E-state index in [0.717, 1.165) is 5.69 Å². The number of methoxy groups -OCH3 is 1. The van der Waals surface area contributed by atoms with Crippen molar-refractivity contribution in [3.05, 3.63) is 54.1 Å². The van der Waals surface area contributed by atoms with E-state index in [-0.39, 0.29) is 24.8 Å². The van der Waals surface area contributed by atoms with Gasteiger partial charge in [0.25, 0.3) is 0 Å². The fourth-order valence-electron chi connectivity index (χ4n) is 3.08. The van der Waals surface area contributed by atoms with Gasteiger partial charge < -0.3 is 19.7 Å². The first-order valence-corrected chi connectivity index (χ1v) is 9.04. The first-order valence-electron chi connectivity index (χ1n) is 9.04. The molecule has 2 amide bonds. The maximum Gasteiger partial charge on any atom is 0.338 e. The monoisotopic (exact) mass is 382 g/mol. The van der Waals surface area contributed by atoms with Crippen molar-refractivity contribution in [1.29, 1.82) is 0 Å². The molecule has 1 aliphatic heterocycles. The fourth-order valence-corrected chi connectivity index (χ4v) is 3.08. The number of carbonyl (C=O) groups is 3. The lowest BCUT2D eigenvalue weighted by Gasteiger charge is -2.17. The molecule has 28 heavy (non-hydrogen) atoms. The van der Waals surface area contributed by atoms with E-state index < -0.39 is 11.9 Å². The van der Waals surface area contributed by atoms with Crippen LogP contribution in [0.2, 0.25) is 0 Å². The summed E-state index contributed by atoms with van der Waals surface area (Å²) < 4.78 is 10.1. The second-order valence-electron chi connectivity index (χ2n) is 6.39. The minimum Gasteiger partial charge on any atom is -0.497 e. The molecule has 1 fully saturated rings. The number of anilines is 2. The molecule has 1 heterocycles. The first-order chi connectivity index (χ1) is 13.5. The number of esters is 1. The summed E-state index contributed by atoms with van der Waals surface area (Å²) in [6.07, 6.45) is 0.134. The average molecular weight is 382 g/mol. The molecule has 2 aromatic rings. The lowest BCUT2D eigenvalue weighted by atomic mass is 10.1. The van der Waals surface area contributed by atoms with E-state index in [9.17, 15) is 14.4 Å². The Bertz CT molecular complexity index is 879. The molecule has 3 rings (SSSR count). The second-order valence-corrected chi connectivity index (χ2v) is 6.39. The van der Waals surface area contributed by atoms with Crippen LogP contribution in [0, 0.1) is 5.92 Å². The van der Waals surface area contributed by atoms with Crippen LogP contribution in [0.15, 0.2) is 48.5 Å². The fraction of sp³-hybridized carbons (Fsp3) is 0.286. The lowest BCUT2D eigenvalue weighted by Crippen LogP contribution is -2.28. The van der Waals surface area contributed by atoms with E-state index in [1.165, 1.54) is 0 Å². The van der Waals surface area contributed by atoms with Crippen LogP contribution >= 0.6 is 0 Å². The number of nitrogens with zero attached hydrogens (tertiary/aromatic N) is 1. The van der Waals surface area contributed by atoms with Crippen molar-refractivity contribution < 1.29 is 23.9 Å². The van der Waals surface area contributed by atoms with Gasteiger partial charge in [-0.15, -0.1) is 0 Å². The zero-order chi connectivity index (χ0) is 20.1. The number of rotatable bonds is 6. The van der Waals surface area contributed by atoms with Gasteiger partial charge in [-0.05, 0) is 49.4 Å². The van der Waals surface area contributed by atoms with Gasteiger partial charge >= 0.3 is 5.97 Å². The molecule has 0 saturated carbocycles. The van der Waals surface area contributed by atoms with Gasteiger partial charge in [0.15, 0.2) is 0 Å². The van der Waals surface area contributed by atoms with E-state index in [0.29, 0.717) is 23.5 Å². The number of nitrogens with one attached hydrogen (secondary N) is 1. The van der Waals surface area contributed by atoms with E-state index in [1.54, 1.807) is 67.5 Å². The molecule has 0 radical (unpaired) electrons. The van der Waals surface area contributed by atoms with E-state index in [1.807, 2.05) is 0 Å². The van der Waals surface area contributed by atoms with Crippen LogP contribution in [-0.2, 0) is 14.3 Å². The molecular weight excluding hydrogens is 360 g/mol. The Kier molecular flexibility index (Phi) is 5.93. The molecule has 0 spiro atoms. The Hall–Kier alpha value is -3.35. The molecule has 0 aliphatic carbocycles. The van der Waals surface area contributed by atoms with Crippen molar-refractivity contribution in [3.8, 4) is 5.75 Å². The van der Waals surface area contributed by atoms with Crippen molar-refractivity contribution >= 4 is 29.2 Å². The SMILES string of the molecule is CCOC(=O)c1cccc(NC(=O)C2CC(=O)N(c3ccc(OC)cc3)C2)c1. The van der Waals surface area contributed by atoms with E-state index >= 15 is 0 Å². The van der Waals surface area contributed by atoms with Crippen LogP contribution in [0.25, 0.3) is 0 Å². The van der Waals surface area contributed by atoms with Gasteiger partial charge in [0, 0.05) is 24.3 Å². The summed E-state index contributed by atoms with van der Waals surface area (Å²) in [6.45, 7) is 2.31. The predicted molar refractivity (Wildman–Crippen MR) is 104 cm³/mol. The second kappa shape index (κ2) is 8.56. The Labute approximate surface area is 163 Å². The number of amides is 2. The topological polar surface area (TPSA) is 84.9 Å². The van der Waals surface area contributed by atoms with Gasteiger partial charge in [-0.3, -0.25) is 9.59 Å². The molecule has 0 aromatic heterocycles. The van der Waals surface area contributed by atoms with Crippen molar-refractivity contribution in [2.45, 2.75) is 13.3 Å². The van der Waals surface area contributed by atoms with Gasteiger partial charge in [-0.2, -0.15) is 0 Å². The van der Waals surface area contributed by atoms with Crippen LogP contribution < -0.4 is 15.0 Å². The molecule has 2 aromatic carbocycles. The van der Waals surface area contributed by atoms with Gasteiger partial charge in [0.2, 0.25) is 11.8 Å². The average Bonchev–Trinajstić information content (AvgIpc) is 3.10. The van der Waals surface area contributed by atoms with Crippen LogP contribution in [0.4, 0.5) is 11.4 Å². The number of ether oxygens (including phenoxy) is 2. The highest BCUT2D eigenvalue weighted by Gasteiger charge is 2.35. The zero-order valence-corrected chi connectivity index (χ0v) is 15.8. The first kappa shape index (κ1) is 19.4. The van der Waals surface area contributed by atoms with Crippen molar-refractivity contribution in [3.63, 3.8) is 0 Å². The smallest absolute Gasteiger partial charge is 0.338 e. The largest absolute Gasteiger partial charge is 0.497 e.